The quantitative estimate of drug-likeness (QED) is 0.860. The Hall–Kier alpha value is -1.38. The van der Waals surface area contributed by atoms with Crippen LogP contribution in [-0.2, 0) is 6.54 Å². The first kappa shape index (κ1) is 13.6. The van der Waals surface area contributed by atoms with Crippen LogP contribution in [0.5, 0.6) is 0 Å². The summed E-state index contributed by atoms with van der Waals surface area (Å²) in [5.41, 5.74) is 3.62. The van der Waals surface area contributed by atoms with Gasteiger partial charge >= 0.3 is 0 Å². The Labute approximate surface area is 123 Å². The van der Waals surface area contributed by atoms with Gasteiger partial charge in [0.1, 0.15) is 5.82 Å². The number of benzene rings is 2. The molecule has 0 radical (unpaired) electrons. The molecular weight excluding hydrogens is 273 g/mol. The van der Waals surface area contributed by atoms with Gasteiger partial charge in [-0.2, -0.15) is 0 Å². The summed E-state index contributed by atoms with van der Waals surface area (Å²) in [5, 5.41) is 4.21. The largest absolute Gasteiger partial charge is 0.310 e. The second-order valence-electron chi connectivity index (χ2n) is 5.43. The van der Waals surface area contributed by atoms with Crippen molar-refractivity contribution >= 4 is 11.6 Å². The molecule has 1 aliphatic rings. The third kappa shape index (κ3) is 3.02. The molecule has 0 saturated heterocycles. The van der Waals surface area contributed by atoms with Crippen molar-refractivity contribution in [2.45, 2.75) is 32.4 Å². The average molecular weight is 290 g/mol. The molecule has 0 aliphatic heterocycles. The number of rotatable bonds is 4. The van der Waals surface area contributed by atoms with Crippen LogP contribution < -0.4 is 5.32 Å². The van der Waals surface area contributed by atoms with E-state index in [1.165, 1.54) is 12.8 Å². The van der Waals surface area contributed by atoms with Crippen molar-refractivity contribution < 1.29 is 4.39 Å². The molecular formula is C17H17ClFN. The van der Waals surface area contributed by atoms with Crippen LogP contribution in [0, 0.1) is 12.7 Å². The molecule has 3 heteroatoms. The van der Waals surface area contributed by atoms with Gasteiger partial charge in [-0.1, -0.05) is 29.8 Å². The van der Waals surface area contributed by atoms with E-state index in [0.29, 0.717) is 11.6 Å². The van der Waals surface area contributed by atoms with E-state index >= 15 is 0 Å². The minimum absolute atomic E-state index is 0.171. The summed E-state index contributed by atoms with van der Waals surface area (Å²) in [6, 6.07) is 11.8. The maximum absolute atomic E-state index is 13.7. The third-order valence-corrected chi connectivity index (χ3v) is 4.08. The number of aryl methyl sites for hydroxylation is 1. The third-order valence-electron chi connectivity index (χ3n) is 3.71. The van der Waals surface area contributed by atoms with E-state index in [-0.39, 0.29) is 5.82 Å². The normalized spacial score (nSPS) is 14.6. The fourth-order valence-electron chi connectivity index (χ4n) is 2.20. The molecule has 1 saturated carbocycles. The van der Waals surface area contributed by atoms with Crippen LogP contribution in [0.3, 0.4) is 0 Å². The molecule has 20 heavy (non-hydrogen) atoms. The van der Waals surface area contributed by atoms with Gasteiger partial charge in [0.05, 0.1) is 0 Å². The zero-order valence-corrected chi connectivity index (χ0v) is 12.2. The van der Waals surface area contributed by atoms with E-state index in [2.05, 4.69) is 5.32 Å². The number of hydrogen-bond acceptors (Lipinski definition) is 1. The minimum atomic E-state index is -0.171. The fourth-order valence-corrected chi connectivity index (χ4v) is 2.39. The summed E-state index contributed by atoms with van der Waals surface area (Å²) in [6.45, 7) is 2.54. The molecule has 1 aliphatic carbocycles. The van der Waals surface area contributed by atoms with Crippen molar-refractivity contribution in [1.82, 2.24) is 5.32 Å². The molecule has 104 valence electrons. The summed E-state index contributed by atoms with van der Waals surface area (Å²) >= 11 is 6.23. The van der Waals surface area contributed by atoms with E-state index < -0.39 is 0 Å². The Bertz CT molecular complexity index is 635. The van der Waals surface area contributed by atoms with Crippen LogP contribution in [0.25, 0.3) is 11.1 Å². The highest BCUT2D eigenvalue weighted by Gasteiger charge is 2.20. The van der Waals surface area contributed by atoms with Crippen molar-refractivity contribution in [3.8, 4) is 11.1 Å². The highest BCUT2D eigenvalue weighted by molar-refractivity contribution is 6.31. The van der Waals surface area contributed by atoms with Gasteiger partial charge in [0.2, 0.25) is 0 Å². The zero-order chi connectivity index (χ0) is 14.1. The Morgan fingerprint density at radius 3 is 2.55 bits per heavy atom. The van der Waals surface area contributed by atoms with E-state index in [9.17, 15) is 4.39 Å². The van der Waals surface area contributed by atoms with Crippen LogP contribution in [-0.4, -0.2) is 6.04 Å². The second kappa shape index (κ2) is 5.55. The SMILES string of the molecule is Cc1ccc(-c2ccc(Cl)c(CNC3CC3)c2)cc1F. The van der Waals surface area contributed by atoms with E-state index in [0.717, 1.165) is 28.3 Å². The lowest BCUT2D eigenvalue weighted by Gasteiger charge is -2.09. The monoisotopic (exact) mass is 289 g/mol. The van der Waals surface area contributed by atoms with Gasteiger partial charge in [0.15, 0.2) is 0 Å². The van der Waals surface area contributed by atoms with Crippen molar-refractivity contribution in [1.29, 1.82) is 0 Å². The first-order valence-electron chi connectivity index (χ1n) is 6.92. The molecule has 1 fully saturated rings. The van der Waals surface area contributed by atoms with E-state index in [4.69, 9.17) is 11.6 Å². The fraction of sp³-hybridized carbons (Fsp3) is 0.294. The van der Waals surface area contributed by atoms with E-state index in [1.54, 1.807) is 19.1 Å². The first-order chi connectivity index (χ1) is 9.63. The first-order valence-corrected chi connectivity index (χ1v) is 7.29. The molecule has 0 heterocycles. The Morgan fingerprint density at radius 1 is 1.15 bits per heavy atom. The maximum atomic E-state index is 13.7. The number of nitrogens with one attached hydrogen (secondary N) is 1. The summed E-state index contributed by atoms with van der Waals surface area (Å²) in [5.74, 6) is -0.171. The number of halogens is 2. The summed E-state index contributed by atoms with van der Waals surface area (Å²) in [4.78, 5) is 0. The predicted octanol–water partition coefficient (Wildman–Crippen LogP) is 4.71. The van der Waals surface area contributed by atoms with Crippen molar-refractivity contribution in [2.24, 2.45) is 0 Å². The smallest absolute Gasteiger partial charge is 0.126 e. The Morgan fingerprint density at radius 2 is 1.85 bits per heavy atom. The molecule has 0 atom stereocenters. The second-order valence-corrected chi connectivity index (χ2v) is 5.83. The minimum Gasteiger partial charge on any atom is -0.310 e. The molecule has 1 nitrogen and oxygen atoms in total. The van der Waals surface area contributed by atoms with Gasteiger partial charge < -0.3 is 5.32 Å². The van der Waals surface area contributed by atoms with Crippen molar-refractivity contribution in [2.75, 3.05) is 0 Å². The van der Waals surface area contributed by atoms with Crippen molar-refractivity contribution in [3.05, 3.63) is 58.4 Å². The van der Waals surface area contributed by atoms with Crippen LogP contribution >= 0.6 is 11.6 Å². The van der Waals surface area contributed by atoms with Crippen molar-refractivity contribution in [3.63, 3.8) is 0 Å². The van der Waals surface area contributed by atoms with Gasteiger partial charge in [0, 0.05) is 17.6 Å². The topological polar surface area (TPSA) is 12.0 Å². The molecule has 0 bridgehead atoms. The molecule has 0 spiro atoms. The Balaban J connectivity index is 1.88. The zero-order valence-electron chi connectivity index (χ0n) is 11.4. The summed E-state index contributed by atoms with van der Waals surface area (Å²) in [7, 11) is 0. The highest BCUT2D eigenvalue weighted by atomic mass is 35.5. The summed E-state index contributed by atoms with van der Waals surface area (Å²) in [6.07, 6.45) is 2.50. The van der Waals surface area contributed by atoms with E-state index in [1.807, 2.05) is 24.3 Å². The average Bonchev–Trinajstić information content (AvgIpc) is 3.25. The van der Waals surface area contributed by atoms with Gasteiger partial charge in [-0.25, -0.2) is 4.39 Å². The van der Waals surface area contributed by atoms with Crippen LogP contribution in [0.2, 0.25) is 5.02 Å². The molecule has 0 amide bonds. The standard InChI is InChI=1S/C17H17ClFN/c1-11-2-3-13(9-17(11)19)12-4-7-16(18)14(8-12)10-20-15-5-6-15/h2-4,7-9,15,20H,5-6,10H2,1H3. The van der Waals surface area contributed by atoms with Crippen LogP contribution in [0.4, 0.5) is 4.39 Å². The Kier molecular flexibility index (Phi) is 3.77. The number of hydrogen-bond donors (Lipinski definition) is 1. The van der Waals surface area contributed by atoms with Crippen LogP contribution in [0.15, 0.2) is 36.4 Å². The highest BCUT2D eigenvalue weighted by Crippen LogP contribution is 2.27. The van der Waals surface area contributed by atoms with Crippen LogP contribution in [0.1, 0.15) is 24.0 Å². The molecule has 0 unspecified atom stereocenters. The molecule has 3 rings (SSSR count). The lowest BCUT2D eigenvalue weighted by Crippen LogP contribution is -2.15. The van der Waals surface area contributed by atoms with Gasteiger partial charge in [-0.05, 0) is 60.2 Å². The molecule has 1 N–H and O–H groups in total. The molecule has 0 aromatic heterocycles. The maximum Gasteiger partial charge on any atom is 0.126 e. The van der Waals surface area contributed by atoms with Gasteiger partial charge in [0.25, 0.3) is 0 Å². The summed E-state index contributed by atoms with van der Waals surface area (Å²) < 4.78 is 13.7. The molecule has 2 aromatic carbocycles. The lowest BCUT2D eigenvalue weighted by molar-refractivity contribution is 0.619. The van der Waals surface area contributed by atoms with Gasteiger partial charge in [-0.3, -0.25) is 0 Å². The molecule has 2 aromatic rings. The predicted molar refractivity (Wildman–Crippen MR) is 81.4 cm³/mol. The lowest BCUT2D eigenvalue weighted by atomic mass is 10.0. The van der Waals surface area contributed by atoms with Gasteiger partial charge in [-0.15, -0.1) is 0 Å².